The van der Waals surface area contributed by atoms with Crippen LogP contribution in [0.2, 0.25) is 0 Å². The molecule has 4 nitrogen and oxygen atoms in total. The number of benzene rings is 2. The molecule has 0 bridgehead atoms. The Hall–Kier alpha value is -2.02. The van der Waals surface area contributed by atoms with Crippen LogP contribution in [0.15, 0.2) is 53.5 Å². The highest BCUT2D eigenvalue weighted by molar-refractivity contribution is 14.0. The number of guanidine groups is 1. The van der Waals surface area contributed by atoms with Crippen LogP contribution in [0.1, 0.15) is 23.2 Å². The summed E-state index contributed by atoms with van der Waals surface area (Å²) in [6.45, 7) is 0.540. The summed E-state index contributed by atoms with van der Waals surface area (Å²) in [6, 6.07) is 16.8. The lowest BCUT2D eigenvalue weighted by Crippen LogP contribution is -2.22. The maximum atomic E-state index is 6.02. The van der Waals surface area contributed by atoms with Crippen LogP contribution < -0.4 is 11.1 Å². The van der Waals surface area contributed by atoms with Gasteiger partial charge in [-0.1, -0.05) is 24.3 Å². The van der Waals surface area contributed by atoms with E-state index in [9.17, 15) is 0 Å². The van der Waals surface area contributed by atoms with Gasteiger partial charge in [0.15, 0.2) is 5.96 Å². The van der Waals surface area contributed by atoms with Crippen molar-refractivity contribution in [3.8, 4) is 0 Å². The molecule has 0 atom stereocenters. The fourth-order valence-corrected chi connectivity index (χ4v) is 3.23. The fourth-order valence-electron chi connectivity index (χ4n) is 3.23. The van der Waals surface area contributed by atoms with Crippen LogP contribution in [0.5, 0.6) is 0 Å². The van der Waals surface area contributed by atoms with Crippen molar-refractivity contribution in [2.45, 2.75) is 25.8 Å². The van der Waals surface area contributed by atoms with Crippen LogP contribution in [-0.2, 0) is 19.4 Å². The van der Waals surface area contributed by atoms with E-state index in [1.807, 2.05) is 12.1 Å². The Morgan fingerprint density at radius 1 is 1.08 bits per heavy atom. The number of halogens is 1. The van der Waals surface area contributed by atoms with E-state index in [0.29, 0.717) is 12.5 Å². The first-order valence-electron chi connectivity index (χ1n) is 8.03. The number of para-hydroxylation sites is 1. The number of anilines is 1. The van der Waals surface area contributed by atoms with E-state index in [-0.39, 0.29) is 24.0 Å². The van der Waals surface area contributed by atoms with Crippen LogP contribution in [0.3, 0.4) is 0 Å². The van der Waals surface area contributed by atoms with Gasteiger partial charge in [-0.05, 0) is 60.0 Å². The van der Waals surface area contributed by atoms with Gasteiger partial charge in [0.05, 0.1) is 6.54 Å². The second-order valence-electron chi connectivity index (χ2n) is 6.05. The average molecular weight is 432 g/mol. The van der Waals surface area contributed by atoms with Gasteiger partial charge in [-0.25, -0.2) is 4.99 Å². The molecule has 0 amide bonds. The fraction of sp³-hybridized carbons (Fsp3) is 0.211. The van der Waals surface area contributed by atoms with Gasteiger partial charge in [0.1, 0.15) is 0 Å². The van der Waals surface area contributed by atoms with Gasteiger partial charge in [-0.3, -0.25) is 0 Å². The van der Waals surface area contributed by atoms with Gasteiger partial charge in [0, 0.05) is 16.9 Å². The van der Waals surface area contributed by atoms with Gasteiger partial charge in [-0.2, -0.15) is 0 Å². The highest BCUT2D eigenvalue weighted by atomic mass is 127. The summed E-state index contributed by atoms with van der Waals surface area (Å²) in [5.74, 6) is 0.446. The molecular formula is C19H21IN4. The molecule has 0 saturated heterocycles. The minimum absolute atomic E-state index is 0. The van der Waals surface area contributed by atoms with Crippen molar-refractivity contribution in [3.63, 3.8) is 0 Å². The molecule has 1 aliphatic rings. The van der Waals surface area contributed by atoms with Crippen LogP contribution in [-0.4, -0.2) is 10.9 Å². The number of aromatic amines is 1. The van der Waals surface area contributed by atoms with E-state index >= 15 is 0 Å². The number of nitrogens with one attached hydrogen (secondary N) is 2. The first kappa shape index (κ1) is 16.8. The third-order valence-electron chi connectivity index (χ3n) is 4.38. The molecule has 0 radical (unpaired) electrons. The van der Waals surface area contributed by atoms with Crippen LogP contribution in [0.25, 0.3) is 10.9 Å². The number of nitrogens with zero attached hydrogens (tertiary/aromatic N) is 1. The maximum Gasteiger partial charge on any atom is 0.193 e. The lowest BCUT2D eigenvalue weighted by molar-refractivity contribution is 0.912. The van der Waals surface area contributed by atoms with Gasteiger partial charge < -0.3 is 16.0 Å². The van der Waals surface area contributed by atoms with Crippen molar-refractivity contribution >= 4 is 46.5 Å². The van der Waals surface area contributed by atoms with Crippen molar-refractivity contribution in [1.82, 2.24) is 4.98 Å². The van der Waals surface area contributed by atoms with Crippen LogP contribution >= 0.6 is 24.0 Å². The number of aromatic nitrogens is 1. The zero-order valence-electron chi connectivity index (χ0n) is 13.4. The summed E-state index contributed by atoms with van der Waals surface area (Å²) in [6.07, 6.45) is 3.61. The lowest BCUT2D eigenvalue weighted by atomic mass is 10.1. The van der Waals surface area contributed by atoms with Crippen LogP contribution in [0.4, 0.5) is 5.69 Å². The van der Waals surface area contributed by atoms with Gasteiger partial charge in [-0.15, -0.1) is 24.0 Å². The Balaban J connectivity index is 0.00000169. The quantitative estimate of drug-likeness (QED) is 0.330. The van der Waals surface area contributed by atoms with Crippen LogP contribution in [0, 0.1) is 0 Å². The van der Waals surface area contributed by atoms with E-state index < -0.39 is 0 Å². The number of aryl methyl sites for hydroxylation is 2. The summed E-state index contributed by atoms with van der Waals surface area (Å²) in [5.41, 5.74) is 12.1. The molecule has 0 fully saturated rings. The van der Waals surface area contributed by atoms with Crippen molar-refractivity contribution in [2.75, 3.05) is 5.32 Å². The van der Waals surface area contributed by atoms with Crippen molar-refractivity contribution in [2.24, 2.45) is 10.7 Å². The van der Waals surface area contributed by atoms with E-state index in [0.717, 1.165) is 23.3 Å². The van der Waals surface area contributed by atoms with E-state index in [2.05, 4.69) is 51.7 Å². The number of H-pyrrole nitrogens is 1. The monoisotopic (exact) mass is 432 g/mol. The van der Waals surface area contributed by atoms with Gasteiger partial charge in [0.25, 0.3) is 0 Å². The topological polar surface area (TPSA) is 66.2 Å². The lowest BCUT2D eigenvalue weighted by Gasteiger charge is -2.07. The summed E-state index contributed by atoms with van der Waals surface area (Å²) in [4.78, 5) is 7.79. The molecular weight excluding hydrogens is 411 g/mol. The third-order valence-corrected chi connectivity index (χ3v) is 4.38. The van der Waals surface area contributed by atoms with Crippen molar-refractivity contribution in [1.29, 1.82) is 0 Å². The number of nitrogens with two attached hydrogens (primary N) is 1. The predicted molar refractivity (Wildman–Crippen MR) is 111 cm³/mol. The highest BCUT2D eigenvalue weighted by Crippen LogP contribution is 2.24. The maximum absolute atomic E-state index is 6.02. The highest BCUT2D eigenvalue weighted by Gasteiger charge is 2.10. The molecule has 0 saturated carbocycles. The zero-order valence-corrected chi connectivity index (χ0v) is 15.7. The molecule has 5 heteroatoms. The van der Waals surface area contributed by atoms with Crippen molar-refractivity contribution < 1.29 is 0 Å². The van der Waals surface area contributed by atoms with Gasteiger partial charge >= 0.3 is 0 Å². The molecule has 0 unspecified atom stereocenters. The minimum Gasteiger partial charge on any atom is -0.370 e. The molecule has 1 heterocycles. The number of aliphatic imine (C=N–C) groups is 1. The molecule has 1 aromatic heterocycles. The Kier molecular flexibility index (Phi) is 5.08. The minimum atomic E-state index is 0. The molecule has 0 spiro atoms. The smallest absolute Gasteiger partial charge is 0.193 e. The number of hydrogen-bond acceptors (Lipinski definition) is 1. The molecule has 0 aliphatic heterocycles. The summed E-state index contributed by atoms with van der Waals surface area (Å²) >= 11 is 0. The average Bonchev–Trinajstić information content (AvgIpc) is 3.18. The number of fused-ring (bicyclic) bond motifs is 2. The molecule has 2 aromatic carbocycles. The summed E-state index contributed by atoms with van der Waals surface area (Å²) in [7, 11) is 0. The normalized spacial score (nSPS) is 13.6. The Morgan fingerprint density at radius 2 is 1.92 bits per heavy atom. The molecule has 24 heavy (non-hydrogen) atoms. The Labute approximate surface area is 158 Å². The summed E-state index contributed by atoms with van der Waals surface area (Å²) in [5, 5.41) is 4.39. The van der Waals surface area contributed by atoms with E-state index in [4.69, 9.17) is 5.73 Å². The second kappa shape index (κ2) is 7.25. The second-order valence-corrected chi connectivity index (χ2v) is 6.05. The first-order chi connectivity index (χ1) is 11.3. The van der Waals surface area contributed by atoms with E-state index in [1.54, 1.807) is 0 Å². The number of rotatable bonds is 3. The molecule has 4 N–H and O–H groups in total. The van der Waals surface area contributed by atoms with E-state index in [1.165, 1.54) is 29.4 Å². The molecule has 1 aliphatic carbocycles. The Morgan fingerprint density at radius 3 is 2.79 bits per heavy atom. The molecule has 4 rings (SSSR count). The van der Waals surface area contributed by atoms with Crippen molar-refractivity contribution in [3.05, 3.63) is 65.4 Å². The molecule has 3 aromatic rings. The van der Waals surface area contributed by atoms with Gasteiger partial charge in [0.2, 0.25) is 0 Å². The predicted octanol–water partition coefficient (Wildman–Crippen LogP) is 4.20. The zero-order chi connectivity index (χ0) is 15.6. The summed E-state index contributed by atoms with van der Waals surface area (Å²) < 4.78 is 0. The largest absolute Gasteiger partial charge is 0.370 e. The number of hydrogen-bond donors (Lipinski definition) is 3. The standard InChI is InChI=1S/C19H20N4.HI/c20-19(23-16-9-8-13-5-3-6-14(13)10-16)21-12-17-11-15-4-1-2-7-18(15)22-17;/h1-2,4,7-11,22H,3,5-6,12H2,(H3,20,21,23);1H. The Bertz CT molecular complexity index is 849. The SMILES string of the molecule is I.NC(=NCc1cc2ccccc2[nH]1)Nc1ccc2c(c1)CCC2. The first-order valence-corrected chi connectivity index (χ1v) is 8.03. The molecule has 124 valence electrons. The third kappa shape index (κ3) is 3.56.